The number of anilines is 9. The smallest absolute Gasteiger partial charge is 0.130 e. The summed E-state index contributed by atoms with van der Waals surface area (Å²) in [6.45, 7) is 0.620. The van der Waals surface area contributed by atoms with E-state index in [1.165, 1.54) is 16.7 Å². The van der Waals surface area contributed by atoms with Crippen LogP contribution in [0.5, 0.6) is 0 Å². The Labute approximate surface area is 299 Å². The van der Waals surface area contributed by atoms with Gasteiger partial charge in [-0.05, 0) is 95.6 Å². The highest BCUT2D eigenvalue weighted by molar-refractivity contribution is 5.85. The Bertz CT molecular complexity index is 2180. The summed E-state index contributed by atoms with van der Waals surface area (Å²) in [5.41, 5.74) is 19.8. The second-order valence-corrected chi connectivity index (χ2v) is 13.0. The van der Waals surface area contributed by atoms with Crippen molar-refractivity contribution in [1.29, 1.82) is 0 Å². The number of hydrogen-bond acceptors (Lipinski definition) is 6. The molecule has 0 aromatic heterocycles. The van der Waals surface area contributed by atoms with Crippen molar-refractivity contribution in [2.75, 3.05) is 31.1 Å². The van der Waals surface area contributed by atoms with Crippen LogP contribution in [0.1, 0.15) is 29.0 Å². The van der Waals surface area contributed by atoms with Gasteiger partial charge in [0.15, 0.2) is 0 Å². The van der Waals surface area contributed by atoms with Crippen LogP contribution in [0.3, 0.4) is 0 Å². The van der Waals surface area contributed by atoms with Crippen LogP contribution < -0.4 is 31.1 Å². The average Bonchev–Trinajstić information content (AvgIpc) is 3.78. The number of fused-ring (bicyclic) bond motifs is 2. The minimum atomic E-state index is -0.135. The minimum Gasteiger partial charge on any atom is -0.397 e. The second kappa shape index (κ2) is 13.0. The van der Waals surface area contributed by atoms with E-state index in [9.17, 15) is 0 Å². The number of benzene rings is 7. The Balaban J connectivity index is 1.22. The molecule has 6 nitrogen and oxygen atoms in total. The van der Waals surface area contributed by atoms with E-state index in [0.717, 1.165) is 51.2 Å². The van der Waals surface area contributed by atoms with Crippen molar-refractivity contribution >= 4 is 51.2 Å². The standard InChI is InChI=1S/C45H38N6/c46-38-22-10-13-25-41(38)49(35-16-4-1-5-17-35)31-32-28-33(44-47-39-23-11-14-26-42(39)50(44)36-18-6-2-7-19-36)30-34(29-32)45-48-40-24-12-15-27-43(40)51(45)37-20-8-3-9-21-37/h1-30,44-45,47-48H,31,46H2. The van der Waals surface area contributed by atoms with Crippen LogP contribution in [0.2, 0.25) is 0 Å². The van der Waals surface area contributed by atoms with Crippen LogP contribution in [-0.4, -0.2) is 0 Å². The van der Waals surface area contributed by atoms with Gasteiger partial charge in [0.05, 0.1) is 34.1 Å². The van der Waals surface area contributed by atoms with Crippen LogP contribution in [0.25, 0.3) is 0 Å². The van der Waals surface area contributed by atoms with Gasteiger partial charge in [-0.2, -0.15) is 0 Å². The molecular formula is C45H38N6. The summed E-state index contributed by atoms with van der Waals surface area (Å²) in [5, 5.41) is 7.78. The molecule has 2 heterocycles. The summed E-state index contributed by atoms with van der Waals surface area (Å²) in [4.78, 5) is 7.14. The summed E-state index contributed by atoms with van der Waals surface area (Å²) in [5.74, 6) is 0. The Morgan fingerprint density at radius 1 is 0.490 bits per heavy atom. The molecule has 6 heteroatoms. The lowest BCUT2D eigenvalue weighted by atomic mass is 9.99. The molecule has 7 aromatic rings. The molecule has 9 rings (SSSR count). The van der Waals surface area contributed by atoms with E-state index < -0.39 is 0 Å². The van der Waals surface area contributed by atoms with Crippen LogP contribution in [0.15, 0.2) is 182 Å². The van der Waals surface area contributed by atoms with Crippen LogP contribution in [-0.2, 0) is 6.54 Å². The topological polar surface area (TPSA) is 59.8 Å². The van der Waals surface area contributed by atoms with Gasteiger partial charge in [0.2, 0.25) is 0 Å². The summed E-state index contributed by atoms with van der Waals surface area (Å²) < 4.78 is 0. The van der Waals surface area contributed by atoms with E-state index in [1.807, 2.05) is 12.1 Å². The summed E-state index contributed by atoms with van der Waals surface area (Å²) in [7, 11) is 0. The Hall–Kier alpha value is -6.66. The van der Waals surface area contributed by atoms with Gasteiger partial charge in [-0.3, -0.25) is 0 Å². The minimum absolute atomic E-state index is 0.135. The SMILES string of the molecule is Nc1ccccc1N(Cc1cc(C2Nc3ccccc3N2c2ccccc2)cc(C2Nc3ccccc3N2c2ccccc2)c1)c1ccccc1. The molecular weight excluding hydrogens is 625 g/mol. The number of hydrogen-bond donors (Lipinski definition) is 3. The maximum absolute atomic E-state index is 6.66. The third-order valence-corrected chi connectivity index (χ3v) is 9.80. The van der Waals surface area contributed by atoms with Crippen molar-refractivity contribution in [2.24, 2.45) is 0 Å². The highest BCUT2D eigenvalue weighted by atomic mass is 15.3. The summed E-state index contributed by atoms with van der Waals surface area (Å²) in [6.07, 6.45) is -0.270. The lowest BCUT2D eigenvalue weighted by molar-refractivity contribution is 0.793. The van der Waals surface area contributed by atoms with Gasteiger partial charge in [0.25, 0.3) is 0 Å². The first kappa shape index (κ1) is 30.4. The quantitative estimate of drug-likeness (QED) is 0.141. The van der Waals surface area contributed by atoms with Gasteiger partial charge in [-0.15, -0.1) is 0 Å². The molecule has 0 radical (unpaired) electrons. The monoisotopic (exact) mass is 662 g/mol. The highest BCUT2D eigenvalue weighted by Crippen LogP contribution is 2.49. The van der Waals surface area contributed by atoms with Gasteiger partial charge >= 0.3 is 0 Å². The van der Waals surface area contributed by atoms with E-state index in [4.69, 9.17) is 5.73 Å². The molecule has 0 fully saturated rings. The average molecular weight is 663 g/mol. The van der Waals surface area contributed by atoms with E-state index in [-0.39, 0.29) is 12.3 Å². The van der Waals surface area contributed by atoms with Gasteiger partial charge in [-0.1, -0.05) is 103 Å². The molecule has 51 heavy (non-hydrogen) atoms. The molecule has 2 aliphatic heterocycles. The number of para-hydroxylation sites is 9. The molecule has 0 spiro atoms. The first-order valence-electron chi connectivity index (χ1n) is 17.4. The summed E-state index contributed by atoms with van der Waals surface area (Å²) >= 11 is 0. The first-order chi connectivity index (χ1) is 25.2. The van der Waals surface area contributed by atoms with Crippen molar-refractivity contribution in [3.63, 3.8) is 0 Å². The predicted molar refractivity (Wildman–Crippen MR) is 212 cm³/mol. The van der Waals surface area contributed by atoms with Crippen LogP contribution in [0.4, 0.5) is 51.2 Å². The van der Waals surface area contributed by atoms with Gasteiger partial charge in [-0.25, -0.2) is 0 Å². The Morgan fingerprint density at radius 2 is 0.941 bits per heavy atom. The van der Waals surface area contributed by atoms with Crippen molar-refractivity contribution in [3.05, 3.63) is 199 Å². The zero-order valence-corrected chi connectivity index (χ0v) is 28.1. The molecule has 0 saturated carbocycles. The van der Waals surface area contributed by atoms with Crippen LogP contribution in [0, 0.1) is 0 Å². The van der Waals surface area contributed by atoms with Crippen LogP contribution >= 0.6 is 0 Å². The fraction of sp³-hybridized carbons (Fsp3) is 0.0667. The van der Waals surface area contributed by atoms with Gasteiger partial charge in [0.1, 0.15) is 12.3 Å². The van der Waals surface area contributed by atoms with E-state index >= 15 is 0 Å². The normalized spacial score (nSPS) is 15.8. The fourth-order valence-electron chi connectivity index (χ4n) is 7.52. The molecule has 2 atom stereocenters. The lowest BCUT2D eigenvalue weighted by Gasteiger charge is -2.32. The third-order valence-electron chi connectivity index (χ3n) is 9.80. The molecule has 0 aliphatic carbocycles. The van der Waals surface area contributed by atoms with E-state index in [1.54, 1.807) is 0 Å². The van der Waals surface area contributed by atoms with Gasteiger partial charge < -0.3 is 31.1 Å². The van der Waals surface area contributed by atoms with Crippen molar-refractivity contribution in [1.82, 2.24) is 0 Å². The zero-order valence-electron chi connectivity index (χ0n) is 28.1. The number of nitrogens with one attached hydrogen (secondary N) is 2. The maximum Gasteiger partial charge on any atom is 0.130 e. The molecule has 2 aliphatic rings. The highest BCUT2D eigenvalue weighted by Gasteiger charge is 2.35. The molecule has 7 aromatic carbocycles. The molecule has 4 N–H and O–H groups in total. The number of nitrogens with two attached hydrogens (primary N) is 1. The second-order valence-electron chi connectivity index (χ2n) is 13.0. The zero-order chi connectivity index (χ0) is 34.1. The van der Waals surface area contributed by atoms with Gasteiger partial charge in [0, 0.05) is 23.6 Å². The maximum atomic E-state index is 6.66. The molecule has 0 bridgehead atoms. The van der Waals surface area contributed by atoms with E-state index in [2.05, 4.69) is 195 Å². The molecule has 2 unspecified atom stereocenters. The summed E-state index contributed by atoms with van der Waals surface area (Å²) in [6, 6.07) is 64.1. The fourth-order valence-corrected chi connectivity index (χ4v) is 7.52. The molecule has 0 saturated heterocycles. The van der Waals surface area contributed by atoms with E-state index in [0.29, 0.717) is 6.54 Å². The third kappa shape index (κ3) is 5.67. The number of rotatable bonds is 8. The van der Waals surface area contributed by atoms with Crippen molar-refractivity contribution in [2.45, 2.75) is 18.9 Å². The number of nitrogens with zero attached hydrogens (tertiary/aromatic N) is 3. The number of nitrogen functional groups attached to an aromatic ring is 1. The first-order valence-corrected chi connectivity index (χ1v) is 17.4. The predicted octanol–water partition coefficient (Wildman–Crippen LogP) is 11.1. The molecule has 248 valence electrons. The Morgan fingerprint density at radius 3 is 1.47 bits per heavy atom. The largest absolute Gasteiger partial charge is 0.397 e. The molecule has 0 amide bonds. The Kier molecular flexibility index (Phi) is 7.74. The van der Waals surface area contributed by atoms with Crippen molar-refractivity contribution in [3.8, 4) is 0 Å². The lowest BCUT2D eigenvalue weighted by Crippen LogP contribution is -2.27. The van der Waals surface area contributed by atoms with Crippen molar-refractivity contribution < 1.29 is 0 Å².